The van der Waals surface area contributed by atoms with Crippen molar-refractivity contribution in [2.45, 2.75) is 64.3 Å². The molecule has 0 bridgehead atoms. The van der Waals surface area contributed by atoms with Crippen LogP contribution in [0.15, 0.2) is 95.3 Å². The third-order valence-corrected chi connectivity index (χ3v) is 8.47. The van der Waals surface area contributed by atoms with Gasteiger partial charge in [0.2, 0.25) is 0 Å². The molecule has 2 N–H and O–H groups in total. The Balaban J connectivity index is 1.36. The van der Waals surface area contributed by atoms with Crippen molar-refractivity contribution in [1.29, 1.82) is 0 Å². The Kier molecular flexibility index (Phi) is 7.25. The molecule has 1 aromatic carbocycles. The fourth-order valence-electron chi connectivity index (χ4n) is 6.35. The molecule has 4 aliphatic rings. The summed E-state index contributed by atoms with van der Waals surface area (Å²) in [5.41, 5.74) is 6.84. The number of amides is 1. The second-order valence-electron chi connectivity index (χ2n) is 11.1. The highest BCUT2D eigenvalue weighted by molar-refractivity contribution is 5.98. The number of nitrogens with one attached hydrogen (secondary N) is 1. The first-order chi connectivity index (χ1) is 19.5. The Bertz CT molecular complexity index is 1590. The van der Waals surface area contributed by atoms with Gasteiger partial charge in [-0.15, -0.1) is 0 Å². The van der Waals surface area contributed by atoms with Crippen LogP contribution >= 0.6 is 0 Å². The number of carboxylic acids is 1. The third kappa shape index (κ3) is 5.06. The highest BCUT2D eigenvalue weighted by Crippen LogP contribution is 2.37. The van der Waals surface area contributed by atoms with E-state index in [9.17, 15) is 14.7 Å². The van der Waals surface area contributed by atoms with E-state index < -0.39 is 5.97 Å². The number of imidazole rings is 1. The number of nitrogens with zero attached hydrogens (tertiary/aromatic N) is 2. The Hall–Kier alpha value is -4.19. The number of rotatable bonds is 5. The van der Waals surface area contributed by atoms with Gasteiger partial charge in [0.1, 0.15) is 5.82 Å². The van der Waals surface area contributed by atoms with Crippen LogP contribution in [0.2, 0.25) is 0 Å². The minimum Gasteiger partial charge on any atom is -0.478 e. The fraction of sp³-hybridized carbons (Fsp3) is 0.324. The van der Waals surface area contributed by atoms with E-state index in [4.69, 9.17) is 4.98 Å². The Morgan fingerprint density at radius 2 is 1.88 bits per heavy atom. The molecule has 1 saturated carbocycles. The van der Waals surface area contributed by atoms with Crippen LogP contribution in [-0.4, -0.2) is 26.5 Å². The number of fused-ring (bicyclic) bond motifs is 2. The minimum absolute atomic E-state index is 0.0178. The normalized spacial score (nSPS) is 21.3. The molecule has 1 heterocycles. The average molecular weight is 534 g/mol. The second kappa shape index (κ2) is 11.1. The van der Waals surface area contributed by atoms with E-state index in [1.54, 1.807) is 12.1 Å². The van der Waals surface area contributed by atoms with Gasteiger partial charge in [-0.05, 0) is 80.5 Å². The lowest BCUT2D eigenvalue weighted by atomic mass is 9.86. The van der Waals surface area contributed by atoms with Crippen LogP contribution in [0, 0.1) is 5.92 Å². The standard InChI is InChI=1S/C34H35N3O3/c1-22-16-18-29(28-15-7-3-6-14-27(22)28)36-33(38)24-11-9-8-10-23(20-24)32-35-30-21-25(34(39)40)17-19-31(30)37(32)26-12-4-2-5-13-26/h3,6-7,10,14-21,26,28H,2,4-5,8-9,11-13H2,1H3,(H,36,38)(H,39,40). The SMILES string of the molecule is CC1=CC=C(NC(=O)C2=CC(c3nc4cc(C(=O)O)ccc4n3C3CCCCC3)=CCCC2)C2C=CC=CC=C12. The number of allylic oxidation sites excluding steroid dienone is 11. The Morgan fingerprint density at radius 1 is 1.02 bits per heavy atom. The zero-order valence-corrected chi connectivity index (χ0v) is 22.9. The topological polar surface area (TPSA) is 84.2 Å². The molecule has 0 spiro atoms. The van der Waals surface area contributed by atoms with E-state index in [2.05, 4.69) is 41.1 Å². The average Bonchev–Trinajstić information content (AvgIpc) is 3.13. The van der Waals surface area contributed by atoms with E-state index in [0.29, 0.717) is 18.0 Å². The predicted molar refractivity (Wildman–Crippen MR) is 159 cm³/mol. The molecule has 0 saturated heterocycles. The molecule has 1 atom stereocenters. The quantitative estimate of drug-likeness (QED) is 0.420. The first-order valence-electron chi connectivity index (χ1n) is 14.4. The summed E-state index contributed by atoms with van der Waals surface area (Å²) < 4.78 is 2.31. The molecule has 6 nitrogen and oxygen atoms in total. The van der Waals surface area contributed by atoms with Crippen LogP contribution in [0.25, 0.3) is 16.6 Å². The van der Waals surface area contributed by atoms with Gasteiger partial charge in [0, 0.05) is 28.8 Å². The third-order valence-electron chi connectivity index (χ3n) is 8.47. The largest absolute Gasteiger partial charge is 0.478 e. The lowest BCUT2D eigenvalue weighted by molar-refractivity contribution is -0.117. The number of hydrogen-bond acceptors (Lipinski definition) is 3. The number of aromatic nitrogens is 2. The molecule has 1 amide bonds. The van der Waals surface area contributed by atoms with Crippen LogP contribution in [0.1, 0.15) is 80.5 Å². The molecule has 1 fully saturated rings. The number of hydrogen-bond donors (Lipinski definition) is 2. The molecule has 40 heavy (non-hydrogen) atoms. The van der Waals surface area contributed by atoms with E-state index >= 15 is 0 Å². The summed E-state index contributed by atoms with van der Waals surface area (Å²) in [6.07, 6.45) is 26.8. The monoisotopic (exact) mass is 533 g/mol. The van der Waals surface area contributed by atoms with Crippen LogP contribution in [-0.2, 0) is 4.79 Å². The van der Waals surface area contributed by atoms with Crippen molar-refractivity contribution in [1.82, 2.24) is 14.9 Å². The van der Waals surface area contributed by atoms with Crippen molar-refractivity contribution in [2.24, 2.45) is 5.92 Å². The van der Waals surface area contributed by atoms with Gasteiger partial charge in [0.15, 0.2) is 0 Å². The first-order valence-corrected chi connectivity index (χ1v) is 14.4. The van der Waals surface area contributed by atoms with Crippen LogP contribution in [0.4, 0.5) is 0 Å². The second-order valence-corrected chi connectivity index (χ2v) is 11.1. The first kappa shape index (κ1) is 26.1. The van der Waals surface area contributed by atoms with Gasteiger partial charge < -0.3 is 15.0 Å². The number of aromatic carboxylic acids is 1. The van der Waals surface area contributed by atoms with Crippen LogP contribution in [0.3, 0.4) is 0 Å². The maximum absolute atomic E-state index is 13.7. The summed E-state index contributed by atoms with van der Waals surface area (Å²) in [6.45, 7) is 2.10. The number of carbonyl (C=O) groups excluding carboxylic acids is 1. The molecular formula is C34H35N3O3. The van der Waals surface area contributed by atoms with Gasteiger partial charge in [-0.2, -0.15) is 0 Å². The minimum atomic E-state index is -0.956. The van der Waals surface area contributed by atoms with Crippen molar-refractivity contribution in [3.05, 3.63) is 107 Å². The van der Waals surface area contributed by atoms with Crippen molar-refractivity contribution in [2.75, 3.05) is 0 Å². The molecule has 6 rings (SSSR count). The number of benzene rings is 1. The molecular weight excluding hydrogens is 498 g/mol. The van der Waals surface area contributed by atoms with Crippen molar-refractivity contribution >= 4 is 28.5 Å². The molecule has 4 aliphatic carbocycles. The lowest BCUT2D eigenvalue weighted by Crippen LogP contribution is -2.30. The fourth-order valence-corrected chi connectivity index (χ4v) is 6.35. The van der Waals surface area contributed by atoms with Gasteiger partial charge in [-0.25, -0.2) is 9.78 Å². The predicted octanol–water partition coefficient (Wildman–Crippen LogP) is 7.36. The number of carboxylic acid groups (broad SMARTS) is 1. The summed E-state index contributed by atoms with van der Waals surface area (Å²) in [5, 5.41) is 12.8. The van der Waals surface area contributed by atoms with Gasteiger partial charge >= 0.3 is 5.97 Å². The zero-order chi connectivity index (χ0) is 27.6. The van der Waals surface area contributed by atoms with Gasteiger partial charge in [-0.1, -0.05) is 61.8 Å². The summed E-state index contributed by atoms with van der Waals surface area (Å²) in [5.74, 6) is -0.188. The molecule has 0 radical (unpaired) electrons. The molecule has 2 aromatic rings. The van der Waals surface area contributed by atoms with Crippen LogP contribution < -0.4 is 5.32 Å². The van der Waals surface area contributed by atoms with E-state index in [1.165, 1.54) is 30.4 Å². The molecule has 1 unspecified atom stereocenters. The Morgan fingerprint density at radius 3 is 2.70 bits per heavy atom. The van der Waals surface area contributed by atoms with Crippen molar-refractivity contribution in [3.63, 3.8) is 0 Å². The van der Waals surface area contributed by atoms with Gasteiger partial charge in [0.05, 0.1) is 16.6 Å². The van der Waals surface area contributed by atoms with E-state index in [-0.39, 0.29) is 17.4 Å². The smallest absolute Gasteiger partial charge is 0.335 e. The summed E-state index contributed by atoms with van der Waals surface area (Å²) in [4.78, 5) is 30.4. The lowest BCUT2D eigenvalue weighted by Gasteiger charge is -2.26. The molecule has 1 aromatic heterocycles. The van der Waals surface area contributed by atoms with E-state index in [1.807, 2.05) is 36.4 Å². The maximum Gasteiger partial charge on any atom is 0.335 e. The summed E-state index contributed by atoms with van der Waals surface area (Å²) >= 11 is 0. The summed E-state index contributed by atoms with van der Waals surface area (Å²) in [7, 11) is 0. The summed E-state index contributed by atoms with van der Waals surface area (Å²) in [6, 6.07) is 5.53. The molecule has 204 valence electrons. The number of carbonyl (C=O) groups is 2. The van der Waals surface area contributed by atoms with Gasteiger partial charge in [0.25, 0.3) is 5.91 Å². The van der Waals surface area contributed by atoms with E-state index in [0.717, 1.165) is 53.9 Å². The van der Waals surface area contributed by atoms with Crippen molar-refractivity contribution in [3.8, 4) is 0 Å². The maximum atomic E-state index is 13.7. The van der Waals surface area contributed by atoms with Gasteiger partial charge in [-0.3, -0.25) is 4.79 Å². The zero-order valence-electron chi connectivity index (χ0n) is 22.9. The molecule has 6 heteroatoms. The highest BCUT2D eigenvalue weighted by atomic mass is 16.4. The molecule has 0 aliphatic heterocycles. The van der Waals surface area contributed by atoms with Crippen molar-refractivity contribution < 1.29 is 14.7 Å². The Labute approximate surface area is 234 Å². The van der Waals surface area contributed by atoms with Crippen LogP contribution in [0.5, 0.6) is 0 Å². The highest BCUT2D eigenvalue weighted by Gasteiger charge is 2.27.